The van der Waals surface area contributed by atoms with Gasteiger partial charge in [-0.05, 0) is 45.1 Å². The number of hydrogen-bond donors (Lipinski definition) is 0. The molecule has 0 N–H and O–H groups in total. The molecule has 0 spiro atoms. The summed E-state index contributed by atoms with van der Waals surface area (Å²) in [5.41, 5.74) is 2.76. The van der Waals surface area contributed by atoms with Crippen LogP contribution in [0, 0.1) is 5.92 Å². The number of aromatic nitrogens is 1. The molecule has 1 fully saturated rings. The topological polar surface area (TPSA) is 51.0 Å². The molecule has 26 heavy (non-hydrogen) atoms. The van der Waals surface area contributed by atoms with Crippen molar-refractivity contribution in [3.8, 4) is 0 Å². The SMILES string of the molecule is CN(C)CCOC(=O)c1c2c(C(=O)C3CC3)cccc2n2ccccc12. The lowest BCUT2D eigenvalue weighted by Gasteiger charge is -2.10. The minimum Gasteiger partial charge on any atom is -0.461 e. The van der Waals surface area contributed by atoms with Gasteiger partial charge in [-0.25, -0.2) is 4.79 Å². The lowest BCUT2D eigenvalue weighted by Crippen LogP contribution is -2.20. The summed E-state index contributed by atoms with van der Waals surface area (Å²) in [5, 5.41) is 0.713. The van der Waals surface area contributed by atoms with Crippen molar-refractivity contribution in [1.29, 1.82) is 0 Å². The molecule has 0 aliphatic heterocycles. The number of esters is 1. The number of pyridine rings is 1. The number of benzene rings is 1. The lowest BCUT2D eigenvalue weighted by molar-refractivity contribution is 0.0486. The van der Waals surface area contributed by atoms with Crippen LogP contribution in [0.4, 0.5) is 0 Å². The second-order valence-corrected chi connectivity index (χ2v) is 7.11. The highest BCUT2D eigenvalue weighted by molar-refractivity contribution is 6.19. The predicted octanol–water partition coefficient (Wildman–Crippen LogP) is 3.40. The summed E-state index contributed by atoms with van der Waals surface area (Å²) in [5.74, 6) is -0.142. The summed E-state index contributed by atoms with van der Waals surface area (Å²) >= 11 is 0. The van der Waals surface area contributed by atoms with Gasteiger partial charge in [-0.2, -0.15) is 0 Å². The van der Waals surface area contributed by atoms with Crippen LogP contribution < -0.4 is 0 Å². The predicted molar refractivity (Wildman–Crippen MR) is 101 cm³/mol. The Balaban J connectivity index is 1.87. The maximum absolute atomic E-state index is 12.9. The zero-order chi connectivity index (χ0) is 18.3. The Morgan fingerprint density at radius 3 is 2.62 bits per heavy atom. The molecule has 1 saturated carbocycles. The van der Waals surface area contributed by atoms with Gasteiger partial charge in [0.15, 0.2) is 5.78 Å². The van der Waals surface area contributed by atoms with Gasteiger partial charge < -0.3 is 14.0 Å². The Morgan fingerprint density at radius 2 is 1.88 bits per heavy atom. The van der Waals surface area contributed by atoms with Crippen LogP contribution in [-0.2, 0) is 4.74 Å². The fraction of sp³-hybridized carbons (Fsp3) is 0.333. The van der Waals surface area contributed by atoms with E-state index in [1.54, 1.807) is 0 Å². The number of ketones is 1. The van der Waals surface area contributed by atoms with Crippen molar-refractivity contribution < 1.29 is 14.3 Å². The molecule has 3 aromatic rings. The van der Waals surface area contributed by atoms with Gasteiger partial charge in [-0.1, -0.05) is 18.2 Å². The van der Waals surface area contributed by atoms with Gasteiger partial charge in [-0.3, -0.25) is 4.79 Å². The number of carbonyl (C=O) groups is 2. The molecule has 0 amide bonds. The third kappa shape index (κ3) is 2.88. The zero-order valence-electron chi connectivity index (χ0n) is 15.1. The van der Waals surface area contributed by atoms with Crippen LogP contribution in [0.15, 0.2) is 42.6 Å². The van der Waals surface area contributed by atoms with E-state index in [1.807, 2.05) is 66.0 Å². The summed E-state index contributed by atoms with van der Waals surface area (Å²) in [6, 6.07) is 11.4. The van der Waals surface area contributed by atoms with Crippen molar-refractivity contribution in [2.75, 3.05) is 27.2 Å². The molecule has 2 aromatic heterocycles. The van der Waals surface area contributed by atoms with Crippen molar-refractivity contribution in [2.24, 2.45) is 5.92 Å². The second kappa shape index (κ2) is 6.57. The minimum absolute atomic E-state index is 0.0984. The van der Waals surface area contributed by atoms with Crippen molar-refractivity contribution in [3.05, 3.63) is 53.7 Å². The summed E-state index contributed by atoms with van der Waals surface area (Å²) in [4.78, 5) is 27.7. The maximum Gasteiger partial charge on any atom is 0.341 e. The van der Waals surface area contributed by atoms with Crippen molar-refractivity contribution in [2.45, 2.75) is 12.8 Å². The van der Waals surface area contributed by atoms with Crippen molar-refractivity contribution in [3.63, 3.8) is 0 Å². The van der Waals surface area contributed by atoms with Gasteiger partial charge in [0.05, 0.1) is 16.6 Å². The van der Waals surface area contributed by atoms with Gasteiger partial charge in [0.1, 0.15) is 6.61 Å². The van der Waals surface area contributed by atoms with E-state index in [9.17, 15) is 9.59 Å². The number of rotatable bonds is 6. The van der Waals surface area contributed by atoms with E-state index >= 15 is 0 Å². The Morgan fingerprint density at radius 1 is 1.12 bits per heavy atom. The van der Waals surface area contributed by atoms with Crippen LogP contribution in [-0.4, -0.2) is 48.3 Å². The molecule has 5 nitrogen and oxygen atoms in total. The molecule has 0 atom stereocenters. The average Bonchev–Trinajstić information content (AvgIpc) is 3.42. The first-order chi connectivity index (χ1) is 12.6. The number of carbonyl (C=O) groups excluding carboxylic acids is 2. The minimum atomic E-state index is -0.374. The van der Waals surface area contributed by atoms with E-state index in [0.717, 1.165) is 23.9 Å². The molecule has 0 unspecified atom stereocenters. The number of ether oxygens (including phenoxy) is 1. The lowest BCUT2D eigenvalue weighted by atomic mass is 9.99. The fourth-order valence-electron chi connectivity index (χ4n) is 3.36. The maximum atomic E-state index is 12.9. The normalized spacial score (nSPS) is 14.3. The van der Waals surface area contributed by atoms with Gasteiger partial charge in [-0.15, -0.1) is 0 Å². The molecule has 1 aromatic carbocycles. The van der Waals surface area contributed by atoms with Gasteiger partial charge in [0.25, 0.3) is 0 Å². The first-order valence-electron chi connectivity index (χ1n) is 8.95. The van der Waals surface area contributed by atoms with Crippen LogP contribution in [0.5, 0.6) is 0 Å². The molecular weight excluding hydrogens is 328 g/mol. The Kier molecular flexibility index (Phi) is 4.24. The van der Waals surface area contributed by atoms with E-state index < -0.39 is 0 Å². The van der Waals surface area contributed by atoms with Crippen LogP contribution in [0.2, 0.25) is 0 Å². The number of likely N-dealkylation sites (N-methyl/N-ethyl adjacent to an activating group) is 1. The van der Waals surface area contributed by atoms with Crippen molar-refractivity contribution in [1.82, 2.24) is 9.30 Å². The highest BCUT2D eigenvalue weighted by atomic mass is 16.5. The third-order valence-corrected chi connectivity index (χ3v) is 4.86. The second-order valence-electron chi connectivity index (χ2n) is 7.11. The van der Waals surface area contributed by atoms with E-state index in [-0.39, 0.29) is 17.7 Å². The summed E-state index contributed by atoms with van der Waals surface area (Å²) in [6.45, 7) is 0.972. The fourth-order valence-corrected chi connectivity index (χ4v) is 3.36. The number of Topliss-reactive ketones (excluding diaryl/α,β-unsaturated/α-hetero) is 1. The third-order valence-electron chi connectivity index (χ3n) is 4.86. The highest BCUT2D eigenvalue weighted by Crippen LogP contribution is 2.37. The van der Waals surface area contributed by atoms with Crippen LogP contribution in [0.25, 0.3) is 16.4 Å². The van der Waals surface area contributed by atoms with Gasteiger partial charge in [0, 0.05) is 29.6 Å². The zero-order valence-corrected chi connectivity index (χ0v) is 15.1. The van der Waals surface area contributed by atoms with E-state index in [4.69, 9.17) is 4.74 Å². The first-order valence-corrected chi connectivity index (χ1v) is 8.95. The number of fused-ring (bicyclic) bond motifs is 3. The Bertz CT molecular complexity index is 999. The van der Waals surface area contributed by atoms with Gasteiger partial charge >= 0.3 is 5.97 Å². The molecule has 0 saturated heterocycles. The summed E-state index contributed by atoms with van der Waals surface area (Å²) in [7, 11) is 3.87. The molecule has 134 valence electrons. The average molecular weight is 350 g/mol. The Labute approximate surface area is 152 Å². The number of hydrogen-bond acceptors (Lipinski definition) is 4. The number of nitrogens with zero attached hydrogens (tertiary/aromatic N) is 2. The molecule has 4 rings (SSSR count). The van der Waals surface area contributed by atoms with E-state index in [1.165, 1.54) is 0 Å². The molecular formula is C21H22N2O3. The van der Waals surface area contributed by atoms with E-state index in [0.29, 0.717) is 29.7 Å². The molecule has 5 heteroatoms. The molecule has 0 bridgehead atoms. The smallest absolute Gasteiger partial charge is 0.341 e. The van der Waals surface area contributed by atoms with E-state index in [2.05, 4.69) is 0 Å². The molecule has 1 aliphatic rings. The molecule has 0 radical (unpaired) electrons. The van der Waals surface area contributed by atoms with Crippen molar-refractivity contribution >= 4 is 28.2 Å². The molecule has 1 aliphatic carbocycles. The standard InChI is InChI=1S/C21H22N2O3/c1-22(2)12-13-26-21(25)19-17-7-3-4-11-23(17)16-8-5-6-15(18(16)19)20(24)14-9-10-14/h3-8,11,14H,9-10,12-13H2,1-2H3. The summed E-state index contributed by atoms with van der Waals surface area (Å²) < 4.78 is 7.48. The highest BCUT2D eigenvalue weighted by Gasteiger charge is 2.33. The summed E-state index contributed by atoms with van der Waals surface area (Å²) in [6.07, 6.45) is 3.79. The molecule has 2 heterocycles. The van der Waals surface area contributed by atoms with Crippen LogP contribution >= 0.6 is 0 Å². The van der Waals surface area contributed by atoms with Crippen LogP contribution in [0.3, 0.4) is 0 Å². The Hall–Kier alpha value is -2.66. The first kappa shape index (κ1) is 16.8. The monoisotopic (exact) mass is 350 g/mol. The largest absolute Gasteiger partial charge is 0.461 e. The van der Waals surface area contributed by atoms with Gasteiger partial charge in [0.2, 0.25) is 0 Å². The quantitative estimate of drug-likeness (QED) is 0.505. The van der Waals surface area contributed by atoms with Crippen LogP contribution in [0.1, 0.15) is 33.6 Å².